The standard InChI is InChI=1S/C14H24N2O3/c1-3-9(2)7-15-14(19)16-8-10-5-4-6-11(10)12(16)13(17)18/h9-12H,3-8H2,1-2H3,(H,15,19)(H,17,18). The molecule has 108 valence electrons. The third-order valence-corrected chi connectivity index (χ3v) is 4.70. The van der Waals surface area contributed by atoms with E-state index < -0.39 is 12.0 Å². The van der Waals surface area contributed by atoms with Crippen molar-refractivity contribution >= 4 is 12.0 Å². The van der Waals surface area contributed by atoms with Crippen molar-refractivity contribution in [3.63, 3.8) is 0 Å². The minimum absolute atomic E-state index is 0.159. The van der Waals surface area contributed by atoms with E-state index in [0.717, 1.165) is 25.7 Å². The van der Waals surface area contributed by atoms with Gasteiger partial charge in [0.05, 0.1) is 0 Å². The van der Waals surface area contributed by atoms with Crippen LogP contribution in [0.4, 0.5) is 4.79 Å². The number of fused-ring (bicyclic) bond motifs is 1. The Kier molecular flexibility index (Phi) is 4.32. The monoisotopic (exact) mass is 268 g/mol. The molecule has 2 amide bonds. The zero-order valence-corrected chi connectivity index (χ0v) is 11.8. The van der Waals surface area contributed by atoms with Crippen molar-refractivity contribution in [3.8, 4) is 0 Å². The molecule has 4 unspecified atom stereocenters. The first-order valence-electron chi connectivity index (χ1n) is 7.31. The highest BCUT2D eigenvalue weighted by molar-refractivity contribution is 5.83. The summed E-state index contributed by atoms with van der Waals surface area (Å²) in [5.41, 5.74) is 0. The van der Waals surface area contributed by atoms with Crippen molar-refractivity contribution in [2.75, 3.05) is 13.1 Å². The summed E-state index contributed by atoms with van der Waals surface area (Å²) in [6.07, 6.45) is 4.11. The molecule has 5 heteroatoms. The molecule has 0 aromatic carbocycles. The van der Waals surface area contributed by atoms with Crippen molar-refractivity contribution in [1.82, 2.24) is 10.2 Å². The van der Waals surface area contributed by atoms with Gasteiger partial charge in [-0.1, -0.05) is 26.7 Å². The molecule has 2 N–H and O–H groups in total. The number of urea groups is 1. The molecule has 5 nitrogen and oxygen atoms in total. The maximum atomic E-state index is 12.2. The number of hydrogen-bond acceptors (Lipinski definition) is 2. The number of carbonyl (C=O) groups excluding carboxylic acids is 1. The van der Waals surface area contributed by atoms with Gasteiger partial charge in [0.2, 0.25) is 0 Å². The van der Waals surface area contributed by atoms with Gasteiger partial charge in [0.25, 0.3) is 0 Å². The molecular weight excluding hydrogens is 244 g/mol. The second-order valence-corrected chi connectivity index (χ2v) is 5.99. The summed E-state index contributed by atoms with van der Waals surface area (Å²) in [6.45, 7) is 5.38. The third kappa shape index (κ3) is 2.85. The van der Waals surface area contributed by atoms with Crippen LogP contribution in [-0.4, -0.2) is 41.1 Å². The number of nitrogens with zero attached hydrogens (tertiary/aromatic N) is 1. The van der Waals surface area contributed by atoms with Crippen molar-refractivity contribution in [2.45, 2.75) is 45.6 Å². The van der Waals surface area contributed by atoms with E-state index in [4.69, 9.17) is 0 Å². The van der Waals surface area contributed by atoms with Crippen LogP contribution < -0.4 is 5.32 Å². The molecule has 0 aromatic heterocycles. The van der Waals surface area contributed by atoms with Gasteiger partial charge in [-0.2, -0.15) is 0 Å². The number of hydrogen-bond donors (Lipinski definition) is 2. The van der Waals surface area contributed by atoms with Crippen molar-refractivity contribution in [3.05, 3.63) is 0 Å². The average Bonchev–Trinajstić information content (AvgIpc) is 2.94. The summed E-state index contributed by atoms with van der Waals surface area (Å²) >= 11 is 0. The number of rotatable bonds is 4. The molecule has 2 aliphatic rings. The maximum absolute atomic E-state index is 12.2. The predicted octanol–water partition coefficient (Wildman–Crippen LogP) is 1.93. The Morgan fingerprint density at radius 3 is 2.79 bits per heavy atom. The average molecular weight is 268 g/mol. The normalized spacial score (nSPS) is 31.1. The second-order valence-electron chi connectivity index (χ2n) is 5.99. The summed E-state index contributed by atoms with van der Waals surface area (Å²) in [4.78, 5) is 25.1. The van der Waals surface area contributed by atoms with Gasteiger partial charge in [0.15, 0.2) is 0 Å². The zero-order valence-electron chi connectivity index (χ0n) is 11.8. The molecule has 0 spiro atoms. The van der Waals surface area contributed by atoms with Crippen LogP contribution in [0.15, 0.2) is 0 Å². The first kappa shape index (κ1) is 14.2. The molecule has 1 aliphatic carbocycles. The number of carbonyl (C=O) groups is 2. The Labute approximate surface area is 114 Å². The molecular formula is C14H24N2O3. The molecule has 1 heterocycles. The summed E-state index contributed by atoms with van der Waals surface area (Å²) in [5.74, 6) is 0.115. The number of amides is 2. The lowest BCUT2D eigenvalue weighted by molar-refractivity contribution is -0.142. The van der Waals surface area contributed by atoms with Gasteiger partial charge < -0.3 is 15.3 Å². The van der Waals surface area contributed by atoms with E-state index in [1.165, 1.54) is 0 Å². The van der Waals surface area contributed by atoms with Crippen molar-refractivity contribution in [1.29, 1.82) is 0 Å². The Balaban J connectivity index is 1.98. The predicted molar refractivity (Wildman–Crippen MR) is 71.8 cm³/mol. The van der Waals surface area contributed by atoms with E-state index >= 15 is 0 Å². The van der Waals surface area contributed by atoms with Gasteiger partial charge in [-0.05, 0) is 30.6 Å². The molecule has 1 aliphatic heterocycles. The van der Waals surface area contributed by atoms with E-state index in [0.29, 0.717) is 24.9 Å². The van der Waals surface area contributed by atoms with E-state index in [2.05, 4.69) is 19.2 Å². The minimum Gasteiger partial charge on any atom is -0.480 e. The highest BCUT2D eigenvalue weighted by Crippen LogP contribution is 2.42. The molecule has 0 aromatic rings. The summed E-state index contributed by atoms with van der Waals surface area (Å²) < 4.78 is 0. The van der Waals surface area contributed by atoms with Gasteiger partial charge in [0, 0.05) is 13.1 Å². The first-order chi connectivity index (χ1) is 9.04. The molecule has 4 atom stereocenters. The first-order valence-corrected chi connectivity index (χ1v) is 7.31. The molecule has 1 saturated heterocycles. The van der Waals surface area contributed by atoms with Gasteiger partial charge in [-0.3, -0.25) is 0 Å². The Hall–Kier alpha value is -1.26. The fourth-order valence-corrected chi connectivity index (χ4v) is 3.34. The number of carboxylic acid groups (broad SMARTS) is 1. The SMILES string of the molecule is CCC(C)CNC(=O)N1CC2CCCC2C1C(=O)O. The van der Waals surface area contributed by atoms with Crippen molar-refractivity contribution in [2.24, 2.45) is 17.8 Å². The van der Waals surface area contributed by atoms with Gasteiger partial charge in [0.1, 0.15) is 6.04 Å². The largest absolute Gasteiger partial charge is 0.480 e. The molecule has 2 fully saturated rings. The number of likely N-dealkylation sites (tertiary alicyclic amines) is 1. The second kappa shape index (κ2) is 5.80. The highest BCUT2D eigenvalue weighted by atomic mass is 16.4. The topological polar surface area (TPSA) is 69.6 Å². The summed E-state index contributed by atoms with van der Waals surface area (Å²) in [6, 6.07) is -0.827. The number of nitrogens with one attached hydrogen (secondary N) is 1. The maximum Gasteiger partial charge on any atom is 0.326 e. The number of carboxylic acids is 1. The lowest BCUT2D eigenvalue weighted by Crippen LogP contribution is -2.48. The lowest BCUT2D eigenvalue weighted by Gasteiger charge is -2.25. The summed E-state index contributed by atoms with van der Waals surface area (Å²) in [5, 5.41) is 12.3. The van der Waals surface area contributed by atoms with Gasteiger partial charge in [-0.25, -0.2) is 9.59 Å². The van der Waals surface area contributed by atoms with Crippen LogP contribution in [0.25, 0.3) is 0 Å². The van der Waals surface area contributed by atoms with Crippen LogP contribution in [0.2, 0.25) is 0 Å². The van der Waals surface area contributed by atoms with Crippen molar-refractivity contribution < 1.29 is 14.7 Å². The zero-order chi connectivity index (χ0) is 14.0. The van der Waals surface area contributed by atoms with Crippen LogP contribution in [0.1, 0.15) is 39.5 Å². The fourth-order valence-electron chi connectivity index (χ4n) is 3.34. The van der Waals surface area contributed by atoms with Crippen LogP contribution in [-0.2, 0) is 4.79 Å². The highest BCUT2D eigenvalue weighted by Gasteiger charge is 2.49. The Morgan fingerprint density at radius 2 is 2.16 bits per heavy atom. The van der Waals surface area contributed by atoms with Crippen LogP contribution >= 0.6 is 0 Å². The van der Waals surface area contributed by atoms with Crippen LogP contribution in [0.3, 0.4) is 0 Å². The van der Waals surface area contributed by atoms with E-state index in [9.17, 15) is 14.7 Å². The minimum atomic E-state index is -0.854. The van der Waals surface area contributed by atoms with Crippen LogP contribution in [0.5, 0.6) is 0 Å². The Morgan fingerprint density at radius 1 is 1.42 bits per heavy atom. The summed E-state index contributed by atoms with van der Waals surface area (Å²) in [7, 11) is 0. The van der Waals surface area contributed by atoms with Gasteiger partial charge >= 0.3 is 12.0 Å². The van der Waals surface area contributed by atoms with E-state index in [-0.39, 0.29) is 11.9 Å². The van der Waals surface area contributed by atoms with E-state index in [1.807, 2.05) is 0 Å². The number of aliphatic carboxylic acids is 1. The van der Waals surface area contributed by atoms with E-state index in [1.54, 1.807) is 4.90 Å². The third-order valence-electron chi connectivity index (χ3n) is 4.70. The van der Waals surface area contributed by atoms with Gasteiger partial charge in [-0.15, -0.1) is 0 Å². The quantitative estimate of drug-likeness (QED) is 0.818. The molecule has 1 saturated carbocycles. The molecule has 0 radical (unpaired) electrons. The molecule has 2 rings (SSSR count). The molecule has 0 bridgehead atoms. The Bertz CT molecular complexity index is 359. The molecule has 19 heavy (non-hydrogen) atoms. The smallest absolute Gasteiger partial charge is 0.326 e. The van der Waals surface area contributed by atoms with Crippen LogP contribution in [0, 0.1) is 17.8 Å². The lowest BCUT2D eigenvalue weighted by atomic mass is 9.94. The fraction of sp³-hybridized carbons (Fsp3) is 0.857.